The van der Waals surface area contributed by atoms with Crippen molar-refractivity contribution in [3.05, 3.63) is 28.3 Å². The lowest BCUT2D eigenvalue weighted by Gasteiger charge is -2.15. The molecule has 1 atom stereocenters. The fourth-order valence-corrected chi connectivity index (χ4v) is 2.72. The van der Waals surface area contributed by atoms with E-state index in [1.807, 2.05) is 6.92 Å². The molecule has 0 heterocycles. The highest BCUT2D eigenvalue weighted by molar-refractivity contribution is 7.90. The molecule has 0 saturated carbocycles. The number of nitro benzene ring substituents is 1. The van der Waals surface area contributed by atoms with E-state index in [1.165, 1.54) is 18.2 Å². The van der Waals surface area contributed by atoms with Crippen molar-refractivity contribution >= 4 is 21.2 Å². The molecule has 0 saturated heterocycles. The van der Waals surface area contributed by atoms with Gasteiger partial charge in [-0.15, -0.1) is 0 Å². The number of nitrogens with zero attached hydrogens (tertiary/aromatic N) is 1. The molecule has 0 spiro atoms. The topological polar surface area (TPSA) is 110 Å². The van der Waals surface area contributed by atoms with E-state index >= 15 is 0 Å². The molecule has 0 aromatic heterocycles. The zero-order valence-corrected chi connectivity index (χ0v) is 12.2. The molecule has 0 radical (unpaired) electrons. The van der Waals surface area contributed by atoms with Crippen LogP contribution in [-0.2, 0) is 9.84 Å². The molecule has 7 nitrogen and oxygen atoms in total. The van der Waals surface area contributed by atoms with Crippen LogP contribution in [0.1, 0.15) is 19.8 Å². The molecule has 112 valence electrons. The van der Waals surface area contributed by atoms with Gasteiger partial charge in [-0.2, -0.15) is 0 Å². The summed E-state index contributed by atoms with van der Waals surface area (Å²) in [5.74, 6) is 0. The van der Waals surface area contributed by atoms with Crippen LogP contribution < -0.4 is 5.32 Å². The molecular weight excluding hydrogens is 284 g/mol. The van der Waals surface area contributed by atoms with Gasteiger partial charge in [-0.3, -0.25) is 10.1 Å². The maximum Gasteiger partial charge on any atom is 0.310 e. The lowest BCUT2D eigenvalue weighted by molar-refractivity contribution is -0.386. The van der Waals surface area contributed by atoms with Crippen molar-refractivity contribution in [2.24, 2.45) is 0 Å². The van der Waals surface area contributed by atoms with Crippen LogP contribution in [0.15, 0.2) is 23.1 Å². The molecule has 1 unspecified atom stereocenters. The van der Waals surface area contributed by atoms with Crippen molar-refractivity contribution < 1.29 is 18.4 Å². The molecule has 1 aromatic rings. The molecule has 1 aromatic carbocycles. The molecule has 8 heteroatoms. The minimum atomic E-state index is -3.68. The number of rotatable bonds is 7. The number of benzene rings is 1. The Morgan fingerprint density at radius 2 is 2.10 bits per heavy atom. The van der Waals surface area contributed by atoms with Gasteiger partial charge >= 0.3 is 5.69 Å². The zero-order valence-electron chi connectivity index (χ0n) is 11.4. The quantitative estimate of drug-likeness (QED) is 0.584. The summed E-state index contributed by atoms with van der Waals surface area (Å²) in [4.78, 5) is 10.1. The van der Waals surface area contributed by atoms with Gasteiger partial charge in [0.05, 0.1) is 4.92 Å². The maximum absolute atomic E-state index is 11.6. The van der Waals surface area contributed by atoms with Crippen molar-refractivity contribution in [2.75, 3.05) is 18.2 Å². The van der Waals surface area contributed by atoms with Gasteiger partial charge in [0.1, 0.15) is 10.6 Å². The first-order valence-corrected chi connectivity index (χ1v) is 8.01. The average molecular weight is 302 g/mol. The molecule has 1 rings (SSSR count). The summed E-state index contributed by atoms with van der Waals surface area (Å²) >= 11 is 0. The normalized spacial score (nSPS) is 12.9. The highest BCUT2D eigenvalue weighted by Gasteiger charge is 2.26. The first kappa shape index (κ1) is 16.4. The minimum absolute atomic E-state index is 0.0392. The standard InChI is InChI=1S/C12H18N2O5S/c1-9(5-4-8-15)13-10-6-3-7-11(20(2,18)19)12(10)14(16)17/h3,6-7,9,13,15H,4-5,8H2,1-2H3. The summed E-state index contributed by atoms with van der Waals surface area (Å²) < 4.78 is 23.2. The van der Waals surface area contributed by atoms with Crippen molar-refractivity contribution in [1.29, 1.82) is 0 Å². The van der Waals surface area contributed by atoms with Gasteiger partial charge < -0.3 is 10.4 Å². The van der Waals surface area contributed by atoms with Gasteiger partial charge in [0, 0.05) is 18.9 Å². The highest BCUT2D eigenvalue weighted by Crippen LogP contribution is 2.32. The third-order valence-electron chi connectivity index (χ3n) is 2.78. The van der Waals surface area contributed by atoms with Crippen LogP contribution in [0, 0.1) is 10.1 Å². The summed E-state index contributed by atoms with van der Waals surface area (Å²) in [6.45, 7) is 1.85. The first-order valence-electron chi connectivity index (χ1n) is 6.12. The molecule has 0 fully saturated rings. The van der Waals surface area contributed by atoms with Crippen molar-refractivity contribution in [3.8, 4) is 0 Å². The Kier molecular flexibility index (Phi) is 5.46. The van der Waals surface area contributed by atoms with Crippen molar-refractivity contribution in [3.63, 3.8) is 0 Å². The fraction of sp³-hybridized carbons (Fsp3) is 0.500. The minimum Gasteiger partial charge on any atom is -0.396 e. The lowest BCUT2D eigenvalue weighted by Crippen LogP contribution is -2.17. The zero-order chi connectivity index (χ0) is 15.3. The lowest BCUT2D eigenvalue weighted by atomic mass is 10.1. The van der Waals surface area contributed by atoms with E-state index in [9.17, 15) is 18.5 Å². The van der Waals surface area contributed by atoms with Crippen LogP contribution >= 0.6 is 0 Å². The van der Waals surface area contributed by atoms with E-state index in [0.717, 1.165) is 6.26 Å². The molecule has 0 aliphatic heterocycles. The molecule has 2 N–H and O–H groups in total. The molecule has 0 aliphatic carbocycles. The van der Waals surface area contributed by atoms with Gasteiger partial charge in [-0.25, -0.2) is 8.42 Å². The van der Waals surface area contributed by atoms with Gasteiger partial charge in [-0.05, 0) is 31.9 Å². The first-order chi connectivity index (χ1) is 9.27. The Labute approximate surface area is 117 Å². The number of anilines is 1. The Morgan fingerprint density at radius 3 is 2.60 bits per heavy atom. The summed E-state index contributed by atoms with van der Waals surface area (Å²) in [7, 11) is -3.68. The number of nitro groups is 1. The van der Waals surface area contributed by atoms with Crippen LogP contribution in [0.25, 0.3) is 0 Å². The van der Waals surface area contributed by atoms with Crippen LogP contribution in [0.2, 0.25) is 0 Å². The molecular formula is C12H18N2O5S. The number of aliphatic hydroxyl groups is 1. The summed E-state index contributed by atoms with van der Waals surface area (Å²) in [6, 6.07) is 4.04. The van der Waals surface area contributed by atoms with E-state index in [-0.39, 0.29) is 23.2 Å². The number of hydrogen-bond donors (Lipinski definition) is 2. The molecule has 0 amide bonds. The second-order valence-corrected chi connectivity index (χ2v) is 6.58. The highest BCUT2D eigenvalue weighted by atomic mass is 32.2. The number of nitrogens with one attached hydrogen (secondary N) is 1. The van der Waals surface area contributed by atoms with Gasteiger partial charge in [-0.1, -0.05) is 6.07 Å². The Balaban J connectivity index is 3.17. The predicted molar refractivity (Wildman–Crippen MR) is 75.6 cm³/mol. The summed E-state index contributed by atoms with van der Waals surface area (Å²) in [6.07, 6.45) is 2.12. The Morgan fingerprint density at radius 1 is 1.45 bits per heavy atom. The van der Waals surface area contributed by atoms with Crippen molar-refractivity contribution in [2.45, 2.75) is 30.7 Å². The van der Waals surface area contributed by atoms with Crippen LogP contribution in [0.4, 0.5) is 11.4 Å². The Bertz CT molecular complexity index is 586. The Hall–Kier alpha value is -1.67. The van der Waals surface area contributed by atoms with Crippen LogP contribution in [0.3, 0.4) is 0 Å². The molecule has 20 heavy (non-hydrogen) atoms. The molecule has 0 bridgehead atoms. The molecule has 0 aliphatic rings. The second kappa shape index (κ2) is 6.67. The number of sulfone groups is 1. The van der Waals surface area contributed by atoms with Gasteiger partial charge in [0.25, 0.3) is 0 Å². The smallest absolute Gasteiger partial charge is 0.310 e. The largest absolute Gasteiger partial charge is 0.396 e. The van der Waals surface area contributed by atoms with E-state index in [2.05, 4.69) is 5.32 Å². The maximum atomic E-state index is 11.6. The van der Waals surface area contributed by atoms with E-state index < -0.39 is 20.4 Å². The van der Waals surface area contributed by atoms with Gasteiger partial charge in [0.2, 0.25) is 0 Å². The number of para-hydroxylation sites is 1. The van der Waals surface area contributed by atoms with Crippen molar-refractivity contribution in [1.82, 2.24) is 0 Å². The predicted octanol–water partition coefficient (Wildman–Crippen LogP) is 1.57. The summed E-state index contributed by atoms with van der Waals surface area (Å²) in [5, 5.41) is 22.8. The van der Waals surface area contributed by atoms with Crippen LogP contribution in [-0.4, -0.2) is 37.4 Å². The summed E-state index contributed by atoms with van der Waals surface area (Å²) in [5.41, 5.74) is -0.269. The third-order valence-corrected chi connectivity index (χ3v) is 3.91. The fourth-order valence-electron chi connectivity index (χ4n) is 1.86. The third kappa shape index (κ3) is 4.17. The number of aliphatic hydroxyl groups excluding tert-OH is 1. The number of hydrogen-bond acceptors (Lipinski definition) is 6. The van der Waals surface area contributed by atoms with E-state index in [0.29, 0.717) is 12.8 Å². The van der Waals surface area contributed by atoms with E-state index in [4.69, 9.17) is 5.11 Å². The monoisotopic (exact) mass is 302 g/mol. The van der Waals surface area contributed by atoms with Crippen LogP contribution in [0.5, 0.6) is 0 Å². The second-order valence-electron chi connectivity index (χ2n) is 4.59. The average Bonchev–Trinajstić information content (AvgIpc) is 2.34. The SMILES string of the molecule is CC(CCCO)Nc1cccc(S(C)(=O)=O)c1[N+](=O)[O-]. The van der Waals surface area contributed by atoms with E-state index in [1.54, 1.807) is 0 Å². The van der Waals surface area contributed by atoms with Gasteiger partial charge in [0.15, 0.2) is 9.84 Å².